The van der Waals surface area contributed by atoms with E-state index in [-0.39, 0.29) is 28.8 Å². The molecule has 0 fully saturated rings. The lowest BCUT2D eigenvalue weighted by Gasteiger charge is -2.14. The lowest BCUT2D eigenvalue weighted by Crippen LogP contribution is -2.20. The largest absolute Gasteiger partial charge is 0.482 e. The molecule has 0 heterocycles. The Hall–Kier alpha value is -2.21. The van der Waals surface area contributed by atoms with Crippen molar-refractivity contribution in [2.75, 3.05) is 11.9 Å². The first-order chi connectivity index (χ1) is 11.3. The summed E-state index contributed by atoms with van der Waals surface area (Å²) in [6.45, 7) is -1.44. The van der Waals surface area contributed by atoms with Crippen LogP contribution in [-0.4, -0.2) is 18.7 Å². The number of benzene rings is 2. The Morgan fingerprint density at radius 1 is 1.12 bits per heavy atom. The van der Waals surface area contributed by atoms with Crippen LogP contribution in [0.4, 0.5) is 18.9 Å². The minimum atomic E-state index is -4.46. The SMILES string of the molecule is O=C(CCc1ccccc1)Nc1cc(Cl)ccc1OCC(F)(F)F. The van der Waals surface area contributed by atoms with Gasteiger partial charge in [0.15, 0.2) is 6.61 Å². The molecule has 1 amide bonds. The Balaban J connectivity index is 1.99. The van der Waals surface area contributed by atoms with Crippen molar-refractivity contribution >= 4 is 23.2 Å². The number of aryl methyl sites for hydroxylation is 1. The third-order valence-electron chi connectivity index (χ3n) is 3.09. The number of amides is 1. The molecule has 128 valence electrons. The van der Waals surface area contributed by atoms with Crippen molar-refractivity contribution in [2.45, 2.75) is 19.0 Å². The van der Waals surface area contributed by atoms with Crippen LogP contribution in [0.25, 0.3) is 0 Å². The van der Waals surface area contributed by atoms with E-state index < -0.39 is 12.8 Å². The molecule has 2 aromatic carbocycles. The van der Waals surface area contributed by atoms with Gasteiger partial charge in [-0.3, -0.25) is 4.79 Å². The van der Waals surface area contributed by atoms with Gasteiger partial charge in [0, 0.05) is 11.4 Å². The minimum Gasteiger partial charge on any atom is -0.482 e. The second-order valence-electron chi connectivity index (χ2n) is 5.08. The molecule has 1 N–H and O–H groups in total. The molecule has 0 aliphatic rings. The fourth-order valence-electron chi connectivity index (χ4n) is 2.00. The number of hydrogen-bond donors (Lipinski definition) is 1. The summed E-state index contributed by atoms with van der Waals surface area (Å²) in [5, 5.41) is 2.83. The van der Waals surface area contributed by atoms with E-state index in [0.717, 1.165) is 5.56 Å². The first kappa shape index (κ1) is 18.1. The molecule has 0 atom stereocenters. The fraction of sp³-hybridized carbons (Fsp3) is 0.235. The van der Waals surface area contributed by atoms with E-state index >= 15 is 0 Å². The number of carbonyl (C=O) groups is 1. The number of anilines is 1. The summed E-state index contributed by atoms with van der Waals surface area (Å²) in [6.07, 6.45) is -3.75. The number of carbonyl (C=O) groups excluding carboxylic acids is 1. The Labute approximate surface area is 142 Å². The molecule has 0 aromatic heterocycles. The van der Waals surface area contributed by atoms with Crippen LogP contribution in [0.5, 0.6) is 5.75 Å². The van der Waals surface area contributed by atoms with Crippen molar-refractivity contribution < 1.29 is 22.7 Å². The van der Waals surface area contributed by atoms with E-state index in [0.29, 0.717) is 6.42 Å². The van der Waals surface area contributed by atoms with Crippen molar-refractivity contribution in [3.05, 3.63) is 59.1 Å². The van der Waals surface area contributed by atoms with Crippen LogP contribution in [0, 0.1) is 0 Å². The van der Waals surface area contributed by atoms with Crippen LogP contribution in [0.15, 0.2) is 48.5 Å². The topological polar surface area (TPSA) is 38.3 Å². The van der Waals surface area contributed by atoms with Crippen LogP contribution in [0.2, 0.25) is 5.02 Å². The number of ether oxygens (including phenoxy) is 1. The Bertz CT molecular complexity index is 690. The van der Waals surface area contributed by atoms with Crippen molar-refractivity contribution in [1.29, 1.82) is 0 Å². The van der Waals surface area contributed by atoms with Gasteiger partial charge >= 0.3 is 6.18 Å². The van der Waals surface area contributed by atoms with Crippen LogP contribution < -0.4 is 10.1 Å². The molecule has 0 bridgehead atoms. The Morgan fingerprint density at radius 2 is 1.83 bits per heavy atom. The zero-order chi connectivity index (χ0) is 17.6. The third-order valence-corrected chi connectivity index (χ3v) is 3.33. The van der Waals surface area contributed by atoms with E-state index in [1.807, 2.05) is 30.3 Å². The second-order valence-corrected chi connectivity index (χ2v) is 5.51. The molecule has 0 saturated carbocycles. The molecule has 7 heteroatoms. The van der Waals surface area contributed by atoms with Gasteiger partial charge in [0.2, 0.25) is 5.91 Å². The number of rotatable bonds is 6. The maximum Gasteiger partial charge on any atom is 0.422 e. The average molecular weight is 358 g/mol. The molecular formula is C17H15ClF3NO2. The van der Waals surface area contributed by atoms with E-state index in [4.69, 9.17) is 16.3 Å². The smallest absolute Gasteiger partial charge is 0.422 e. The van der Waals surface area contributed by atoms with E-state index in [1.54, 1.807) is 0 Å². The standard InChI is InChI=1S/C17H15ClF3NO2/c18-13-7-8-15(24-11-17(19,20)21)14(10-13)22-16(23)9-6-12-4-2-1-3-5-12/h1-5,7-8,10H,6,9,11H2,(H,22,23). The first-order valence-corrected chi connectivity index (χ1v) is 7.54. The summed E-state index contributed by atoms with van der Waals surface area (Å²) in [7, 11) is 0. The molecule has 0 saturated heterocycles. The molecule has 2 aromatic rings. The van der Waals surface area contributed by atoms with Gasteiger partial charge in [-0.15, -0.1) is 0 Å². The van der Waals surface area contributed by atoms with Gasteiger partial charge in [0.25, 0.3) is 0 Å². The van der Waals surface area contributed by atoms with E-state index in [9.17, 15) is 18.0 Å². The van der Waals surface area contributed by atoms with Gasteiger partial charge < -0.3 is 10.1 Å². The Kier molecular flexibility index (Phi) is 6.09. The van der Waals surface area contributed by atoms with Crippen molar-refractivity contribution in [3.8, 4) is 5.75 Å². The third kappa shape index (κ3) is 6.12. The molecule has 0 spiro atoms. The highest BCUT2D eigenvalue weighted by atomic mass is 35.5. The maximum absolute atomic E-state index is 12.3. The first-order valence-electron chi connectivity index (χ1n) is 7.16. The highest BCUT2D eigenvalue weighted by Gasteiger charge is 2.29. The lowest BCUT2D eigenvalue weighted by atomic mass is 10.1. The van der Waals surface area contributed by atoms with E-state index in [1.165, 1.54) is 18.2 Å². The minimum absolute atomic E-state index is 0.0789. The summed E-state index contributed by atoms with van der Waals surface area (Å²) >= 11 is 5.83. The van der Waals surface area contributed by atoms with Gasteiger partial charge in [-0.2, -0.15) is 13.2 Å². The summed E-state index contributed by atoms with van der Waals surface area (Å²) in [6, 6.07) is 13.4. The number of hydrogen-bond acceptors (Lipinski definition) is 2. The fourth-order valence-corrected chi connectivity index (χ4v) is 2.17. The highest BCUT2D eigenvalue weighted by molar-refractivity contribution is 6.31. The van der Waals surface area contributed by atoms with Crippen LogP contribution in [-0.2, 0) is 11.2 Å². The van der Waals surface area contributed by atoms with Crippen molar-refractivity contribution in [2.24, 2.45) is 0 Å². The van der Waals surface area contributed by atoms with Gasteiger partial charge in [0.1, 0.15) is 5.75 Å². The molecule has 0 aliphatic heterocycles. The monoisotopic (exact) mass is 357 g/mol. The van der Waals surface area contributed by atoms with Gasteiger partial charge in [-0.25, -0.2) is 0 Å². The zero-order valence-electron chi connectivity index (χ0n) is 12.6. The number of halogens is 4. The molecule has 0 radical (unpaired) electrons. The Morgan fingerprint density at radius 3 is 2.50 bits per heavy atom. The van der Waals surface area contributed by atoms with Gasteiger partial charge in [-0.05, 0) is 30.2 Å². The highest BCUT2D eigenvalue weighted by Crippen LogP contribution is 2.29. The van der Waals surface area contributed by atoms with Crippen molar-refractivity contribution in [1.82, 2.24) is 0 Å². The van der Waals surface area contributed by atoms with Gasteiger partial charge in [0.05, 0.1) is 5.69 Å². The average Bonchev–Trinajstić information content (AvgIpc) is 2.52. The maximum atomic E-state index is 12.3. The van der Waals surface area contributed by atoms with Gasteiger partial charge in [-0.1, -0.05) is 41.9 Å². The summed E-state index contributed by atoms with van der Waals surface area (Å²) in [5.41, 5.74) is 1.11. The van der Waals surface area contributed by atoms with E-state index in [2.05, 4.69) is 5.32 Å². The molecule has 3 nitrogen and oxygen atoms in total. The summed E-state index contributed by atoms with van der Waals surface area (Å²) in [4.78, 5) is 12.0. The normalized spacial score (nSPS) is 11.2. The van der Waals surface area contributed by atoms with Crippen LogP contribution in [0.3, 0.4) is 0 Å². The predicted molar refractivity (Wildman–Crippen MR) is 86.4 cm³/mol. The van der Waals surface area contributed by atoms with Crippen LogP contribution in [0.1, 0.15) is 12.0 Å². The second kappa shape index (κ2) is 8.06. The molecule has 0 aliphatic carbocycles. The lowest BCUT2D eigenvalue weighted by molar-refractivity contribution is -0.153. The summed E-state index contributed by atoms with van der Waals surface area (Å²) in [5.74, 6) is -0.414. The molecule has 2 rings (SSSR count). The quantitative estimate of drug-likeness (QED) is 0.802. The van der Waals surface area contributed by atoms with Crippen LogP contribution >= 0.6 is 11.6 Å². The molecule has 24 heavy (non-hydrogen) atoms. The molecule has 0 unspecified atom stereocenters. The van der Waals surface area contributed by atoms with Crippen molar-refractivity contribution in [3.63, 3.8) is 0 Å². The predicted octanol–water partition coefficient (Wildman–Crippen LogP) is 4.85. The zero-order valence-corrected chi connectivity index (χ0v) is 13.3. The number of alkyl halides is 3. The summed E-state index contributed by atoms with van der Waals surface area (Å²) < 4.78 is 41.6. The number of nitrogens with one attached hydrogen (secondary N) is 1. The molecular weight excluding hydrogens is 343 g/mol.